The van der Waals surface area contributed by atoms with Crippen molar-refractivity contribution in [3.63, 3.8) is 0 Å². The molecule has 0 radical (unpaired) electrons. The van der Waals surface area contributed by atoms with E-state index in [1.165, 1.54) is 0 Å². The highest BCUT2D eigenvalue weighted by Gasteiger charge is 2.08. The van der Waals surface area contributed by atoms with Gasteiger partial charge in [0.05, 0.1) is 5.56 Å². The Hall–Kier alpha value is -3.02. The van der Waals surface area contributed by atoms with Gasteiger partial charge in [-0.1, -0.05) is 0 Å². The number of carboxylic acids is 1. The number of hydrogen-bond acceptors (Lipinski definition) is 5. The molecule has 104 valence electrons. The highest BCUT2D eigenvalue weighted by molar-refractivity contribution is 5.88. The predicted octanol–water partition coefficient (Wildman–Crippen LogP) is 2.49. The van der Waals surface area contributed by atoms with Gasteiger partial charge < -0.3 is 10.0 Å². The van der Waals surface area contributed by atoms with Gasteiger partial charge in [-0.2, -0.15) is 0 Å². The van der Waals surface area contributed by atoms with Crippen molar-refractivity contribution in [2.45, 2.75) is 0 Å². The highest BCUT2D eigenvalue weighted by Crippen LogP contribution is 2.23. The van der Waals surface area contributed by atoms with Crippen LogP contribution in [0, 0.1) is 0 Å². The Kier molecular flexibility index (Phi) is 3.19. The van der Waals surface area contributed by atoms with Crippen molar-refractivity contribution in [2.24, 2.45) is 0 Å². The third-order valence-electron chi connectivity index (χ3n) is 3.16. The van der Waals surface area contributed by atoms with E-state index in [1.54, 1.807) is 36.7 Å². The summed E-state index contributed by atoms with van der Waals surface area (Å²) in [6.45, 7) is 0. The molecule has 0 amide bonds. The fourth-order valence-corrected chi connectivity index (χ4v) is 1.99. The number of hydrogen-bond donors (Lipinski definition) is 1. The third-order valence-corrected chi connectivity index (χ3v) is 3.16. The quantitative estimate of drug-likeness (QED) is 0.794. The molecule has 0 atom stereocenters. The van der Waals surface area contributed by atoms with E-state index in [2.05, 4.69) is 15.0 Å². The molecule has 0 spiro atoms. The van der Waals surface area contributed by atoms with Crippen molar-refractivity contribution in [1.82, 2.24) is 15.0 Å². The topological polar surface area (TPSA) is 79.2 Å². The van der Waals surface area contributed by atoms with Crippen LogP contribution < -0.4 is 4.90 Å². The molecule has 0 fully saturated rings. The zero-order chi connectivity index (χ0) is 14.8. The molecule has 6 heteroatoms. The molecule has 3 rings (SSSR count). The van der Waals surface area contributed by atoms with Crippen LogP contribution in [0.3, 0.4) is 0 Å². The lowest BCUT2D eigenvalue weighted by molar-refractivity contribution is 0.0697. The monoisotopic (exact) mass is 280 g/mol. The number of fused-ring (bicyclic) bond motifs is 1. The molecule has 21 heavy (non-hydrogen) atoms. The predicted molar refractivity (Wildman–Crippen MR) is 78.8 cm³/mol. The fourth-order valence-electron chi connectivity index (χ4n) is 1.99. The summed E-state index contributed by atoms with van der Waals surface area (Å²) in [5, 5.41) is 8.91. The minimum Gasteiger partial charge on any atom is -0.478 e. The molecule has 0 aliphatic heterocycles. The Morgan fingerprint density at radius 3 is 2.48 bits per heavy atom. The first-order valence-electron chi connectivity index (χ1n) is 6.30. The van der Waals surface area contributed by atoms with E-state index in [-0.39, 0.29) is 5.56 Å². The van der Waals surface area contributed by atoms with Gasteiger partial charge in [0.15, 0.2) is 5.65 Å². The van der Waals surface area contributed by atoms with Crippen LogP contribution in [0.15, 0.2) is 48.8 Å². The first-order valence-corrected chi connectivity index (χ1v) is 6.30. The number of aromatic nitrogens is 3. The van der Waals surface area contributed by atoms with E-state index in [4.69, 9.17) is 5.11 Å². The van der Waals surface area contributed by atoms with E-state index < -0.39 is 5.97 Å². The molecule has 2 aromatic heterocycles. The van der Waals surface area contributed by atoms with E-state index in [0.717, 1.165) is 11.2 Å². The lowest BCUT2D eigenvalue weighted by Crippen LogP contribution is -2.11. The van der Waals surface area contributed by atoms with Gasteiger partial charge in [0.25, 0.3) is 0 Å². The van der Waals surface area contributed by atoms with Crippen molar-refractivity contribution in [2.75, 3.05) is 11.9 Å². The Labute approximate surface area is 120 Å². The number of carboxylic acid groups (broad SMARTS) is 1. The summed E-state index contributed by atoms with van der Waals surface area (Å²) in [4.78, 5) is 25.5. The molecule has 0 saturated carbocycles. The minimum atomic E-state index is -0.941. The maximum absolute atomic E-state index is 10.9. The molecule has 3 aromatic rings. The Bertz CT molecular complexity index is 802. The Balaban J connectivity index is 1.95. The molecule has 1 N–H and O–H groups in total. The smallest absolute Gasteiger partial charge is 0.335 e. The van der Waals surface area contributed by atoms with Gasteiger partial charge >= 0.3 is 5.97 Å². The molecule has 1 aromatic carbocycles. The maximum atomic E-state index is 10.9. The van der Waals surface area contributed by atoms with Crippen LogP contribution in [-0.4, -0.2) is 33.1 Å². The van der Waals surface area contributed by atoms with Crippen LogP contribution in [0.4, 0.5) is 11.5 Å². The second-order valence-electron chi connectivity index (χ2n) is 4.48. The van der Waals surface area contributed by atoms with Gasteiger partial charge in [0.1, 0.15) is 11.3 Å². The second-order valence-corrected chi connectivity index (χ2v) is 4.48. The molecule has 0 aliphatic carbocycles. The average Bonchev–Trinajstić information content (AvgIpc) is 2.54. The number of aromatic carboxylic acids is 1. The molecule has 0 bridgehead atoms. The lowest BCUT2D eigenvalue weighted by Gasteiger charge is -2.18. The number of benzene rings is 1. The fraction of sp³-hybridized carbons (Fsp3) is 0.0667. The van der Waals surface area contributed by atoms with E-state index in [0.29, 0.717) is 11.5 Å². The first-order chi connectivity index (χ1) is 10.1. The lowest BCUT2D eigenvalue weighted by atomic mass is 10.2. The molecule has 0 unspecified atom stereocenters. The minimum absolute atomic E-state index is 0.254. The van der Waals surface area contributed by atoms with Gasteiger partial charge in [-0.15, -0.1) is 0 Å². The van der Waals surface area contributed by atoms with E-state index >= 15 is 0 Å². The highest BCUT2D eigenvalue weighted by atomic mass is 16.4. The largest absolute Gasteiger partial charge is 0.478 e. The van der Waals surface area contributed by atoms with Crippen LogP contribution in [0.25, 0.3) is 11.2 Å². The average molecular weight is 280 g/mol. The van der Waals surface area contributed by atoms with Crippen molar-refractivity contribution < 1.29 is 9.90 Å². The van der Waals surface area contributed by atoms with Crippen LogP contribution >= 0.6 is 0 Å². The molecule has 0 saturated heterocycles. The zero-order valence-corrected chi connectivity index (χ0v) is 11.3. The number of rotatable bonds is 3. The van der Waals surface area contributed by atoms with Crippen molar-refractivity contribution >= 4 is 28.6 Å². The van der Waals surface area contributed by atoms with Gasteiger partial charge in [-0.25, -0.2) is 14.8 Å². The van der Waals surface area contributed by atoms with Crippen molar-refractivity contribution in [3.05, 3.63) is 54.4 Å². The van der Waals surface area contributed by atoms with Crippen LogP contribution in [0.2, 0.25) is 0 Å². The summed E-state index contributed by atoms with van der Waals surface area (Å²) in [6.07, 6.45) is 3.22. The standard InChI is InChI=1S/C15H12N4O2/c1-19(11-4-2-10(3-5-11)15(20)21)13-7-6-12-14(18-13)17-9-8-16-12/h2-9H,1H3,(H,20,21). The first kappa shape index (κ1) is 13.0. The summed E-state index contributed by atoms with van der Waals surface area (Å²) in [5.74, 6) is -0.227. The summed E-state index contributed by atoms with van der Waals surface area (Å²) in [7, 11) is 1.86. The SMILES string of the molecule is CN(c1ccc(C(=O)O)cc1)c1ccc2nccnc2n1. The Morgan fingerprint density at radius 1 is 1.05 bits per heavy atom. The van der Waals surface area contributed by atoms with Gasteiger partial charge in [-0.05, 0) is 36.4 Å². The summed E-state index contributed by atoms with van der Waals surface area (Å²) in [6, 6.07) is 10.3. The van der Waals surface area contributed by atoms with Crippen molar-refractivity contribution in [1.29, 1.82) is 0 Å². The molecule has 2 heterocycles. The van der Waals surface area contributed by atoms with Crippen molar-refractivity contribution in [3.8, 4) is 0 Å². The number of pyridine rings is 1. The number of anilines is 2. The van der Waals surface area contributed by atoms with Gasteiger partial charge in [0, 0.05) is 25.1 Å². The van der Waals surface area contributed by atoms with Gasteiger partial charge in [0.2, 0.25) is 0 Å². The van der Waals surface area contributed by atoms with Gasteiger partial charge in [-0.3, -0.25) is 4.98 Å². The third kappa shape index (κ3) is 2.51. The van der Waals surface area contributed by atoms with Crippen LogP contribution in [-0.2, 0) is 0 Å². The van der Waals surface area contributed by atoms with Crippen LogP contribution in [0.1, 0.15) is 10.4 Å². The normalized spacial score (nSPS) is 10.5. The van der Waals surface area contributed by atoms with Crippen LogP contribution in [0.5, 0.6) is 0 Å². The summed E-state index contributed by atoms with van der Waals surface area (Å²) < 4.78 is 0. The second kappa shape index (κ2) is 5.16. The zero-order valence-electron chi connectivity index (χ0n) is 11.3. The van der Waals surface area contributed by atoms with E-state index in [9.17, 15) is 4.79 Å². The molecular formula is C15H12N4O2. The summed E-state index contributed by atoms with van der Waals surface area (Å²) >= 11 is 0. The maximum Gasteiger partial charge on any atom is 0.335 e. The number of carbonyl (C=O) groups is 1. The number of nitrogens with zero attached hydrogens (tertiary/aromatic N) is 4. The summed E-state index contributed by atoms with van der Waals surface area (Å²) in [5.41, 5.74) is 2.40. The molecular weight excluding hydrogens is 268 g/mol. The molecule has 6 nitrogen and oxygen atoms in total. The van der Waals surface area contributed by atoms with E-state index in [1.807, 2.05) is 24.1 Å². The Morgan fingerprint density at radius 2 is 1.76 bits per heavy atom. The molecule has 0 aliphatic rings.